The minimum atomic E-state index is 0.0962. The lowest BCUT2D eigenvalue weighted by Gasteiger charge is -2.28. The third-order valence-corrected chi connectivity index (χ3v) is 4.58. The number of nitrogens with zero attached hydrogens (tertiary/aromatic N) is 4. The van der Waals surface area contributed by atoms with Crippen molar-refractivity contribution in [3.8, 4) is 0 Å². The lowest BCUT2D eigenvalue weighted by molar-refractivity contribution is -0.116. The van der Waals surface area contributed by atoms with E-state index in [-0.39, 0.29) is 5.91 Å². The van der Waals surface area contributed by atoms with Crippen molar-refractivity contribution in [1.29, 1.82) is 0 Å². The van der Waals surface area contributed by atoms with Gasteiger partial charge in [0.25, 0.3) is 0 Å². The number of fused-ring (bicyclic) bond motifs is 2. The van der Waals surface area contributed by atoms with E-state index < -0.39 is 0 Å². The topological polar surface area (TPSA) is 62.5 Å². The van der Waals surface area contributed by atoms with Crippen molar-refractivity contribution in [3.63, 3.8) is 0 Å². The molecule has 1 N–H and O–H groups in total. The molecule has 6 nitrogen and oxygen atoms in total. The molecule has 0 aliphatic carbocycles. The fourth-order valence-corrected chi connectivity index (χ4v) is 3.50. The van der Waals surface area contributed by atoms with E-state index in [0.717, 1.165) is 53.6 Å². The van der Waals surface area contributed by atoms with Crippen LogP contribution in [0.3, 0.4) is 0 Å². The van der Waals surface area contributed by atoms with Gasteiger partial charge < -0.3 is 10.2 Å². The first-order chi connectivity index (χ1) is 12.0. The summed E-state index contributed by atoms with van der Waals surface area (Å²) in [5.74, 6) is 0.860. The molecule has 0 spiro atoms. The van der Waals surface area contributed by atoms with Gasteiger partial charge in [-0.2, -0.15) is 0 Å². The third-order valence-electron chi connectivity index (χ3n) is 4.58. The molecule has 0 radical (unpaired) electrons. The molecule has 0 atom stereocenters. The molecule has 25 heavy (non-hydrogen) atoms. The molecule has 1 aromatic carbocycles. The van der Waals surface area contributed by atoms with Crippen LogP contribution in [-0.2, 0) is 11.2 Å². The summed E-state index contributed by atoms with van der Waals surface area (Å²) in [4.78, 5) is 18.2. The van der Waals surface area contributed by atoms with E-state index in [9.17, 15) is 4.79 Å². The van der Waals surface area contributed by atoms with Gasteiger partial charge in [-0.1, -0.05) is 0 Å². The summed E-state index contributed by atoms with van der Waals surface area (Å²) in [6, 6.07) is 10.1. The Morgan fingerprint density at radius 2 is 2.04 bits per heavy atom. The molecule has 0 saturated carbocycles. The van der Waals surface area contributed by atoms with Crippen LogP contribution in [-0.4, -0.2) is 27.0 Å². The summed E-state index contributed by atoms with van der Waals surface area (Å²) in [6.45, 7) is 6.42. The van der Waals surface area contributed by atoms with Crippen molar-refractivity contribution < 1.29 is 4.79 Å². The van der Waals surface area contributed by atoms with Crippen LogP contribution in [0, 0.1) is 13.8 Å². The van der Waals surface area contributed by atoms with E-state index in [1.54, 1.807) is 6.92 Å². The first-order valence-corrected chi connectivity index (χ1v) is 8.53. The highest BCUT2D eigenvalue weighted by molar-refractivity contribution is 5.93. The van der Waals surface area contributed by atoms with Crippen molar-refractivity contribution in [3.05, 3.63) is 47.3 Å². The summed E-state index contributed by atoms with van der Waals surface area (Å²) in [6.07, 6.45) is 1.98. The maximum Gasteiger partial charge on any atom is 0.223 e. The van der Waals surface area contributed by atoms with E-state index in [0.29, 0.717) is 0 Å². The molecule has 3 heterocycles. The number of benzene rings is 1. The Labute approximate surface area is 146 Å². The molecular formula is C19H21N5O. The summed E-state index contributed by atoms with van der Waals surface area (Å²) in [5.41, 5.74) is 6.06. The predicted molar refractivity (Wildman–Crippen MR) is 98.5 cm³/mol. The average molecular weight is 335 g/mol. The first-order valence-electron chi connectivity index (χ1n) is 8.53. The fourth-order valence-electron chi connectivity index (χ4n) is 3.50. The van der Waals surface area contributed by atoms with Crippen molar-refractivity contribution in [2.75, 3.05) is 16.8 Å². The Bertz CT molecular complexity index is 975. The maximum atomic E-state index is 11.8. The lowest BCUT2D eigenvalue weighted by Crippen LogP contribution is -2.33. The van der Waals surface area contributed by atoms with Crippen molar-refractivity contribution in [1.82, 2.24) is 14.6 Å². The molecule has 4 rings (SSSR count). The van der Waals surface area contributed by atoms with Crippen molar-refractivity contribution in [2.24, 2.45) is 0 Å². The number of rotatable bonds is 2. The van der Waals surface area contributed by atoms with Crippen LogP contribution in [0.4, 0.5) is 17.2 Å². The number of anilines is 3. The molecular weight excluding hydrogens is 314 g/mol. The van der Waals surface area contributed by atoms with Crippen LogP contribution >= 0.6 is 0 Å². The van der Waals surface area contributed by atoms with Crippen LogP contribution in [0.1, 0.15) is 30.3 Å². The van der Waals surface area contributed by atoms with Crippen LogP contribution in [0.25, 0.3) is 5.65 Å². The molecule has 1 aliphatic rings. The Morgan fingerprint density at radius 1 is 1.20 bits per heavy atom. The van der Waals surface area contributed by atoms with Gasteiger partial charge in [0.1, 0.15) is 0 Å². The standard InChI is InChI=1S/C19H21N5O/c1-12-9-13(2)24-19(20-12)11-18(22-24)21-16-6-7-17-15(10-16)5-4-8-23(17)14(3)25/h6-7,9-11H,4-5,8H2,1-3H3,(H,21,22). The molecule has 128 valence electrons. The normalized spacial score (nSPS) is 13.8. The van der Waals surface area contributed by atoms with Crippen LogP contribution in [0.15, 0.2) is 30.3 Å². The molecule has 0 unspecified atom stereocenters. The van der Waals surface area contributed by atoms with Crippen LogP contribution in [0.5, 0.6) is 0 Å². The van der Waals surface area contributed by atoms with Gasteiger partial charge in [0, 0.05) is 42.3 Å². The minimum absolute atomic E-state index is 0.0962. The molecule has 0 fully saturated rings. The number of amides is 1. The second-order valence-corrected chi connectivity index (χ2v) is 6.58. The molecule has 0 bridgehead atoms. The van der Waals surface area contributed by atoms with Gasteiger partial charge in [-0.15, -0.1) is 5.10 Å². The Kier molecular flexibility index (Phi) is 3.67. The Balaban J connectivity index is 1.65. The molecule has 6 heteroatoms. The SMILES string of the molecule is CC(=O)N1CCCc2cc(Nc3cc4nc(C)cc(C)n4n3)ccc21. The number of nitrogens with one attached hydrogen (secondary N) is 1. The number of carbonyl (C=O) groups is 1. The summed E-state index contributed by atoms with van der Waals surface area (Å²) in [7, 11) is 0. The molecule has 1 amide bonds. The number of carbonyl (C=O) groups excluding carboxylic acids is 1. The molecule has 0 saturated heterocycles. The highest BCUT2D eigenvalue weighted by Gasteiger charge is 2.20. The first kappa shape index (κ1) is 15.6. The fraction of sp³-hybridized carbons (Fsp3) is 0.316. The number of aryl methyl sites for hydroxylation is 3. The second kappa shape index (κ2) is 5.88. The van der Waals surface area contributed by atoms with E-state index in [1.165, 1.54) is 5.56 Å². The predicted octanol–water partition coefficient (Wildman–Crippen LogP) is 3.39. The van der Waals surface area contributed by atoms with Crippen LogP contribution < -0.4 is 10.2 Å². The summed E-state index contributed by atoms with van der Waals surface area (Å²) < 4.78 is 1.84. The third kappa shape index (κ3) is 2.84. The Morgan fingerprint density at radius 3 is 2.84 bits per heavy atom. The zero-order valence-corrected chi connectivity index (χ0v) is 14.7. The second-order valence-electron chi connectivity index (χ2n) is 6.58. The smallest absolute Gasteiger partial charge is 0.223 e. The zero-order valence-electron chi connectivity index (χ0n) is 14.7. The van der Waals surface area contributed by atoms with E-state index >= 15 is 0 Å². The van der Waals surface area contributed by atoms with Gasteiger partial charge in [0.15, 0.2) is 11.5 Å². The van der Waals surface area contributed by atoms with E-state index in [4.69, 9.17) is 0 Å². The Hall–Kier alpha value is -2.89. The van der Waals surface area contributed by atoms with Crippen molar-refractivity contribution in [2.45, 2.75) is 33.6 Å². The zero-order chi connectivity index (χ0) is 17.6. The number of aromatic nitrogens is 3. The maximum absolute atomic E-state index is 11.8. The van der Waals surface area contributed by atoms with Crippen LogP contribution in [0.2, 0.25) is 0 Å². The quantitative estimate of drug-likeness (QED) is 0.780. The van der Waals surface area contributed by atoms with E-state index in [1.807, 2.05) is 47.5 Å². The van der Waals surface area contributed by atoms with Gasteiger partial charge in [-0.05, 0) is 56.5 Å². The number of hydrogen-bond donors (Lipinski definition) is 1. The highest BCUT2D eigenvalue weighted by atomic mass is 16.2. The number of hydrogen-bond acceptors (Lipinski definition) is 4. The highest BCUT2D eigenvalue weighted by Crippen LogP contribution is 2.30. The van der Waals surface area contributed by atoms with Crippen molar-refractivity contribution >= 4 is 28.7 Å². The van der Waals surface area contributed by atoms with Gasteiger partial charge in [0.2, 0.25) is 5.91 Å². The minimum Gasteiger partial charge on any atom is -0.339 e. The lowest BCUT2D eigenvalue weighted by atomic mass is 10.0. The largest absolute Gasteiger partial charge is 0.339 e. The van der Waals surface area contributed by atoms with Gasteiger partial charge in [-0.3, -0.25) is 4.79 Å². The average Bonchev–Trinajstić information content (AvgIpc) is 2.96. The summed E-state index contributed by atoms with van der Waals surface area (Å²) >= 11 is 0. The van der Waals surface area contributed by atoms with Gasteiger partial charge >= 0.3 is 0 Å². The molecule has 3 aromatic rings. The molecule has 2 aromatic heterocycles. The van der Waals surface area contributed by atoms with Gasteiger partial charge in [-0.25, -0.2) is 9.50 Å². The summed E-state index contributed by atoms with van der Waals surface area (Å²) in [5, 5.41) is 7.94. The monoisotopic (exact) mass is 335 g/mol. The molecule has 1 aliphatic heterocycles. The van der Waals surface area contributed by atoms with E-state index in [2.05, 4.69) is 21.5 Å². The van der Waals surface area contributed by atoms with Gasteiger partial charge in [0.05, 0.1) is 0 Å².